The Labute approximate surface area is 130 Å². The molecule has 120 valence electrons. The third-order valence-electron chi connectivity index (χ3n) is 3.11. The molecule has 0 saturated carbocycles. The number of hydrogen-bond donors (Lipinski definition) is 2. The summed E-state index contributed by atoms with van der Waals surface area (Å²) in [6.07, 6.45) is 2.44. The first kappa shape index (κ1) is 18.3. The molecule has 0 bridgehead atoms. The lowest BCUT2D eigenvalue weighted by atomic mass is 10.0. The van der Waals surface area contributed by atoms with E-state index in [0.29, 0.717) is 5.75 Å². The Kier molecular flexibility index (Phi) is 7.51. The largest absolute Gasteiger partial charge is 0.310 e. The first-order valence-corrected chi connectivity index (χ1v) is 10.2. The average Bonchev–Trinajstić information content (AvgIpc) is 2.44. The van der Waals surface area contributed by atoms with Gasteiger partial charge in [0.2, 0.25) is 10.0 Å². The maximum absolute atomic E-state index is 12.2. The highest BCUT2D eigenvalue weighted by Gasteiger charge is 2.16. The van der Waals surface area contributed by atoms with Crippen LogP contribution in [0, 0.1) is 0 Å². The van der Waals surface area contributed by atoms with Gasteiger partial charge in [-0.2, -0.15) is 0 Å². The highest BCUT2D eigenvalue weighted by Crippen LogP contribution is 2.20. The van der Waals surface area contributed by atoms with E-state index in [-0.39, 0.29) is 17.5 Å². The molecule has 1 aromatic carbocycles. The van der Waals surface area contributed by atoms with Gasteiger partial charge in [-0.25, -0.2) is 13.1 Å². The molecule has 0 amide bonds. The lowest BCUT2D eigenvalue weighted by molar-refractivity contribution is 0.535. The van der Waals surface area contributed by atoms with Crippen LogP contribution in [0.25, 0.3) is 0 Å². The van der Waals surface area contributed by atoms with Crippen LogP contribution in [-0.2, 0) is 20.8 Å². The summed E-state index contributed by atoms with van der Waals surface area (Å²) in [5.74, 6) is 0.313. The molecular weight excluding hydrogens is 308 g/mol. The molecule has 0 aliphatic heterocycles. The number of sulfonamides is 1. The molecule has 2 N–H and O–H groups in total. The molecule has 0 radical (unpaired) electrons. The van der Waals surface area contributed by atoms with Crippen molar-refractivity contribution >= 4 is 20.8 Å². The maximum atomic E-state index is 12.2. The smallest absolute Gasteiger partial charge is 0.240 e. The van der Waals surface area contributed by atoms with Crippen molar-refractivity contribution in [1.29, 1.82) is 0 Å². The highest BCUT2D eigenvalue weighted by molar-refractivity contribution is 7.89. The van der Waals surface area contributed by atoms with Crippen LogP contribution in [0.1, 0.15) is 31.9 Å². The Bertz CT molecular complexity index is 573. The molecule has 0 fully saturated rings. The number of benzene rings is 1. The highest BCUT2D eigenvalue weighted by atomic mass is 32.2. The molecule has 0 spiro atoms. The molecule has 1 aromatic rings. The van der Waals surface area contributed by atoms with E-state index in [9.17, 15) is 12.6 Å². The van der Waals surface area contributed by atoms with Gasteiger partial charge >= 0.3 is 0 Å². The van der Waals surface area contributed by atoms with Gasteiger partial charge in [0.15, 0.2) is 0 Å². The van der Waals surface area contributed by atoms with E-state index in [2.05, 4.69) is 17.0 Å². The molecule has 0 saturated heterocycles. The minimum absolute atomic E-state index is 0.147. The van der Waals surface area contributed by atoms with Crippen molar-refractivity contribution in [2.45, 2.75) is 31.2 Å². The molecule has 5 nitrogen and oxygen atoms in total. The summed E-state index contributed by atoms with van der Waals surface area (Å²) in [4.78, 5) is 0.248. The standard InChI is InChI=1S/C14H24N2O3S2/c1-4-14(15-5-2)12-7-6-8-13(11-12)21(18,19)16-9-10-20(3)17/h6-8,11,14-16H,4-5,9-10H2,1-3H3. The van der Waals surface area contributed by atoms with Gasteiger partial charge in [0, 0.05) is 35.4 Å². The third-order valence-corrected chi connectivity index (χ3v) is 5.35. The van der Waals surface area contributed by atoms with Gasteiger partial charge in [-0.05, 0) is 30.7 Å². The van der Waals surface area contributed by atoms with Crippen LogP contribution in [0.2, 0.25) is 0 Å². The Balaban J connectivity index is 2.90. The first-order chi connectivity index (χ1) is 9.90. The third kappa shape index (κ3) is 5.86. The Morgan fingerprint density at radius 2 is 2.00 bits per heavy atom. The van der Waals surface area contributed by atoms with Crippen molar-refractivity contribution in [3.05, 3.63) is 29.8 Å². The SMILES string of the molecule is CCNC(CC)c1cccc(S(=O)(=O)NCCS(C)=O)c1. The minimum Gasteiger partial charge on any atom is -0.310 e. The van der Waals surface area contributed by atoms with Crippen molar-refractivity contribution in [2.24, 2.45) is 0 Å². The molecular formula is C14H24N2O3S2. The summed E-state index contributed by atoms with van der Waals surface area (Å²) in [5.41, 5.74) is 0.960. The van der Waals surface area contributed by atoms with E-state index in [1.165, 1.54) is 0 Å². The van der Waals surface area contributed by atoms with Crippen LogP contribution in [-0.4, -0.2) is 37.7 Å². The Morgan fingerprint density at radius 3 is 2.57 bits per heavy atom. The van der Waals surface area contributed by atoms with Gasteiger partial charge < -0.3 is 5.32 Å². The topological polar surface area (TPSA) is 75.3 Å². The van der Waals surface area contributed by atoms with Crippen LogP contribution >= 0.6 is 0 Å². The Hall–Kier alpha value is -0.760. The van der Waals surface area contributed by atoms with Crippen LogP contribution in [0.5, 0.6) is 0 Å². The molecule has 1 rings (SSSR count). The molecule has 0 aliphatic rings. The monoisotopic (exact) mass is 332 g/mol. The fourth-order valence-corrected chi connectivity index (χ4v) is 3.65. The van der Waals surface area contributed by atoms with Gasteiger partial charge in [-0.3, -0.25) is 4.21 Å². The fraction of sp³-hybridized carbons (Fsp3) is 0.571. The van der Waals surface area contributed by atoms with Crippen LogP contribution in [0.15, 0.2) is 29.2 Å². The number of nitrogens with one attached hydrogen (secondary N) is 2. The summed E-state index contributed by atoms with van der Waals surface area (Å²) in [7, 11) is -4.56. The van der Waals surface area contributed by atoms with Crippen molar-refractivity contribution < 1.29 is 12.6 Å². The summed E-state index contributed by atoms with van der Waals surface area (Å²) < 4.78 is 37.9. The quantitative estimate of drug-likeness (QED) is 0.717. The number of rotatable bonds is 9. The summed E-state index contributed by atoms with van der Waals surface area (Å²) >= 11 is 0. The zero-order chi connectivity index (χ0) is 15.9. The summed E-state index contributed by atoms with van der Waals surface area (Å²) in [5, 5.41) is 3.33. The van der Waals surface area contributed by atoms with Gasteiger partial charge in [0.05, 0.1) is 4.90 Å². The van der Waals surface area contributed by atoms with Crippen LogP contribution < -0.4 is 10.0 Å². The lowest BCUT2D eigenvalue weighted by Gasteiger charge is -2.17. The fourth-order valence-electron chi connectivity index (χ4n) is 2.05. The second kappa shape index (κ2) is 8.63. The van der Waals surface area contributed by atoms with E-state index in [0.717, 1.165) is 18.5 Å². The van der Waals surface area contributed by atoms with E-state index in [4.69, 9.17) is 0 Å². The van der Waals surface area contributed by atoms with Crippen LogP contribution in [0.3, 0.4) is 0 Å². The van der Waals surface area contributed by atoms with Gasteiger partial charge in [0.25, 0.3) is 0 Å². The second-order valence-corrected chi connectivity index (χ2v) is 8.09. The van der Waals surface area contributed by atoms with Crippen LogP contribution in [0.4, 0.5) is 0 Å². The average molecular weight is 332 g/mol. The first-order valence-electron chi connectivity index (χ1n) is 7.03. The predicted octanol–water partition coefficient (Wildman–Crippen LogP) is 1.40. The second-order valence-electron chi connectivity index (χ2n) is 4.77. The van der Waals surface area contributed by atoms with E-state index >= 15 is 0 Å². The summed E-state index contributed by atoms with van der Waals surface area (Å²) in [6, 6.07) is 7.10. The molecule has 2 atom stereocenters. The molecule has 0 aromatic heterocycles. The maximum Gasteiger partial charge on any atom is 0.240 e. The van der Waals surface area contributed by atoms with Crippen molar-refractivity contribution in [3.8, 4) is 0 Å². The minimum atomic E-state index is -3.55. The summed E-state index contributed by atoms with van der Waals surface area (Å²) in [6.45, 7) is 5.09. The van der Waals surface area contributed by atoms with E-state index in [1.807, 2.05) is 13.0 Å². The zero-order valence-corrected chi connectivity index (χ0v) is 14.4. The lowest BCUT2D eigenvalue weighted by Crippen LogP contribution is -2.28. The molecule has 0 aliphatic carbocycles. The van der Waals surface area contributed by atoms with Crippen molar-refractivity contribution in [1.82, 2.24) is 10.0 Å². The Morgan fingerprint density at radius 1 is 1.29 bits per heavy atom. The van der Waals surface area contributed by atoms with E-state index < -0.39 is 20.8 Å². The molecule has 0 heterocycles. The van der Waals surface area contributed by atoms with Crippen molar-refractivity contribution in [3.63, 3.8) is 0 Å². The zero-order valence-electron chi connectivity index (χ0n) is 12.8. The van der Waals surface area contributed by atoms with Gasteiger partial charge in [-0.15, -0.1) is 0 Å². The van der Waals surface area contributed by atoms with Gasteiger partial charge in [0.1, 0.15) is 0 Å². The number of hydrogen-bond acceptors (Lipinski definition) is 4. The predicted molar refractivity (Wildman–Crippen MR) is 87.3 cm³/mol. The molecule has 2 unspecified atom stereocenters. The van der Waals surface area contributed by atoms with Crippen molar-refractivity contribution in [2.75, 3.05) is 25.1 Å². The normalized spacial score (nSPS) is 14.8. The molecule has 7 heteroatoms. The van der Waals surface area contributed by atoms with Gasteiger partial charge in [-0.1, -0.05) is 26.0 Å². The van der Waals surface area contributed by atoms with E-state index in [1.54, 1.807) is 24.5 Å². The molecule has 21 heavy (non-hydrogen) atoms.